The van der Waals surface area contributed by atoms with Crippen molar-refractivity contribution in [2.45, 2.75) is 44.8 Å². The van der Waals surface area contributed by atoms with E-state index in [1.165, 1.54) is 0 Å². The van der Waals surface area contributed by atoms with E-state index in [4.69, 9.17) is 14.2 Å². The van der Waals surface area contributed by atoms with Crippen LogP contribution in [0.2, 0.25) is 0 Å². The van der Waals surface area contributed by atoms with Gasteiger partial charge in [0.15, 0.2) is 5.78 Å². The van der Waals surface area contributed by atoms with Crippen LogP contribution in [0.1, 0.15) is 54.9 Å². The van der Waals surface area contributed by atoms with E-state index < -0.39 is 5.60 Å². The molecule has 5 rings (SSSR count). The van der Waals surface area contributed by atoms with Gasteiger partial charge >= 0.3 is 0 Å². The third kappa shape index (κ3) is 2.93. The highest BCUT2D eigenvalue weighted by Crippen LogP contribution is 2.45. The molecule has 6 heteroatoms. The lowest BCUT2D eigenvalue weighted by molar-refractivity contribution is -0.0440. The number of carbonyl (C=O) groups is 1. The molecule has 0 radical (unpaired) electrons. The number of rotatable bonds is 3. The van der Waals surface area contributed by atoms with Gasteiger partial charge in [-0.15, -0.1) is 0 Å². The zero-order valence-electron chi connectivity index (χ0n) is 17.5. The number of benzene rings is 2. The maximum Gasteiger partial charge on any atom is 0.195 e. The first-order valence-corrected chi connectivity index (χ1v) is 10.9. The number of ether oxygens (including phenoxy) is 3. The molecule has 5 nitrogen and oxygen atoms in total. The summed E-state index contributed by atoms with van der Waals surface area (Å²) in [6, 6.07) is 11.8. The van der Waals surface area contributed by atoms with E-state index in [2.05, 4.69) is 34.8 Å². The number of hydrogen-bond donors (Lipinski definition) is 1. The van der Waals surface area contributed by atoms with Crippen molar-refractivity contribution in [3.8, 4) is 5.75 Å². The van der Waals surface area contributed by atoms with Gasteiger partial charge in [0.05, 0.1) is 12.2 Å². The Labute approximate surface area is 183 Å². The van der Waals surface area contributed by atoms with E-state index in [-0.39, 0.29) is 24.1 Å². The van der Waals surface area contributed by atoms with Crippen LogP contribution in [-0.2, 0) is 14.9 Å². The van der Waals surface area contributed by atoms with Crippen LogP contribution in [0.15, 0.2) is 40.9 Å². The summed E-state index contributed by atoms with van der Waals surface area (Å²) in [4.78, 5) is 17.1. The number of aromatic amines is 1. The van der Waals surface area contributed by atoms with Crippen molar-refractivity contribution in [1.29, 1.82) is 0 Å². The molecule has 0 amide bonds. The first-order chi connectivity index (χ1) is 14.2. The molecule has 0 bridgehead atoms. The van der Waals surface area contributed by atoms with Crippen molar-refractivity contribution < 1.29 is 19.0 Å². The zero-order valence-corrected chi connectivity index (χ0v) is 19.1. The molecular weight excluding hydrogens is 446 g/mol. The highest BCUT2D eigenvalue weighted by Gasteiger charge is 2.41. The Morgan fingerprint density at radius 3 is 2.73 bits per heavy atom. The second-order valence-corrected chi connectivity index (χ2v) is 9.99. The summed E-state index contributed by atoms with van der Waals surface area (Å²) in [5.74, 6) is 0.682. The van der Waals surface area contributed by atoms with Gasteiger partial charge < -0.3 is 19.2 Å². The molecule has 0 spiro atoms. The van der Waals surface area contributed by atoms with Gasteiger partial charge in [-0.3, -0.25) is 4.79 Å². The largest absolute Gasteiger partial charge is 0.485 e. The molecule has 2 aliphatic rings. The van der Waals surface area contributed by atoms with Crippen LogP contribution >= 0.6 is 15.9 Å². The molecular formula is C24H24BrNO4. The van der Waals surface area contributed by atoms with Crippen molar-refractivity contribution in [2.75, 3.05) is 13.4 Å². The van der Waals surface area contributed by atoms with Gasteiger partial charge in [-0.25, -0.2) is 0 Å². The summed E-state index contributed by atoms with van der Waals surface area (Å²) < 4.78 is 18.2. The lowest BCUT2D eigenvalue weighted by Gasteiger charge is -2.34. The molecule has 1 N–H and O–H groups in total. The Morgan fingerprint density at radius 1 is 1.20 bits per heavy atom. The van der Waals surface area contributed by atoms with Crippen molar-refractivity contribution in [1.82, 2.24) is 4.98 Å². The van der Waals surface area contributed by atoms with E-state index in [0.29, 0.717) is 17.9 Å². The smallest absolute Gasteiger partial charge is 0.195 e. The van der Waals surface area contributed by atoms with Crippen molar-refractivity contribution in [2.24, 2.45) is 0 Å². The predicted molar refractivity (Wildman–Crippen MR) is 118 cm³/mol. The molecule has 2 aromatic carbocycles. The summed E-state index contributed by atoms with van der Waals surface area (Å²) in [5.41, 5.74) is 3.44. The average Bonchev–Trinajstić information content (AvgIpc) is 3.34. The number of H-pyrrole nitrogens is 1. The van der Waals surface area contributed by atoms with Gasteiger partial charge in [-0.1, -0.05) is 41.9 Å². The lowest BCUT2D eigenvalue weighted by atomic mass is 9.71. The van der Waals surface area contributed by atoms with Gasteiger partial charge in [-0.05, 0) is 43.7 Å². The van der Waals surface area contributed by atoms with Crippen LogP contribution in [0.3, 0.4) is 0 Å². The number of aromatic nitrogens is 1. The van der Waals surface area contributed by atoms with Crippen molar-refractivity contribution in [3.05, 3.63) is 63.3 Å². The summed E-state index contributed by atoms with van der Waals surface area (Å²) in [6.07, 6.45) is -0.153. The van der Waals surface area contributed by atoms with Gasteiger partial charge in [-0.2, -0.15) is 0 Å². The second kappa shape index (κ2) is 6.67. The Morgan fingerprint density at radius 2 is 2.00 bits per heavy atom. The van der Waals surface area contributed by atoms with E-state index in [1.54, 1.807) is 0 Å². The minimum atomic E-state index is -0.573. The standard InChI is InChI=1S/C24H24BrNO4/c1-23(2)17-8-6-14(30-24(3,4)19-11-28-12-29-19)10-16(17)21(27)20-15-7-5-13(25)9-18(15)26-22(20)23/h5-10,19,26H,11-12H2,1-4H3. The van der Waals surface area contributed by atoms with Gasteiger partial charge in [0.2, 0.25) is 0 Å². The number of halogens is 1. The molecule has 3 aromatic rings. The number of fused-ring (bicyclic) bond motifs is 4. The molecule has 1 fully saturated rings. The maximum absolute atomic E-state index is 13.6. The molecule has 156 valence electrons. The maximum atomic E-state index is 13.6. The number of carbonyl (C=O) groups excluding carboxylic acids is 1. The minimum Gasteiger partial charge on any atom is -0.485 e. The third-order valence-corrected chi connectivity index (χ3v) is 6.79. The highest BCUT2D eigenvalue weighted by atomic mass is 79.9. The summed E-state index contributed by atoms with van der Waals surface area (Å²) in [6.45, 7) is 9.04. The van der Waals surface area contributed by atoms with Crippen LogP contribution in [0.5, 0.6) is 5.75 Å². The fourth-order valence-electron chi connectivity index (χ4n) is 4.57. The fourth-order valence-corrected chi connectivity index (χ4v) is 4.93. The van der Waals surface area contributed by atoms with E-state index >= 15 is 0 Å². The molecule has 1 atom stereocenters. The summed E-state index contributed by atoms with van der Waals surface area (Å²) in [5, 5.41) is 0.945. The molecule has 1 aliphatic carbocycles. The van der Waals surface area contributed by atoms with E-state index in [9.17, 15) is 4.79 Å². The molecule has 1 aliphatic heterocycles. The van der Waals surface area contributed by atoms with Gasteiger partial charge in [0.1, 0.15) is 24.2 Å². The summed E-state index contributed by atoms with van der Waals surface area (Å²) >= 11 is 3.52. The predicted octanol–water partition coefficient (Wildman–Crippen LogP) is 5.33. The van der Waals surface area contributed by atoms with E-state index in [1.807, 2.05) is 50.2 Å². The van der Waals surface area contributed by atoms with Crippen LogP contribution in [0.25, 0.3) is 10.9 Å². The van der Waals surface area contributed by atoms with E-state index in [0.717, 1.165) is 32.2 Å². The first-order valence-electron chi connectivity index (χ1n) is 10.1. The minimum absolute atomic E-state index is 0.0246. The van der Waals surface area contributed by atoms with Crippen LogP contribution in [-0.4, -0.2) is 35.9 Å². The molecule has 0 saturated carbocycles. The SMILES string of the molecule is CC1(C)c2ccc(OC(C)(C)C3COCO3)cc2C(=O)c2c1[nH]c1cc(Br)ccc21. The normalized spacial score (nSPS) is 20.3. The monoisotopic (exact) mass is 469 g/mol. The van der Waals surface area contributed by atoms with Crippen molar-refractivity contribution >= 4 is 32.6 Å². The molecule has 1 aromatic heterocycles. The van der Waals surface area contributed by atoms with Gasteiger partial charge in [0, 0.05) is 32.0 Å². The molecule has 2 heterocycles. The summed E-state index contributed by atoms with van der Waals surface area (Å²) in [7, 11) is 0. The molecule has 1 unspecified atom stereocenters. The topological polar surface area (TPSA) is 60.6 Å². The second-order valence-electron chi connectivity index (χ2n) is 9.08. The molecule has 30 heavy (non-hydrogen) atoms. The Hall–Kier alpha value is -2.15. The Bertz CT molecular complexity index is 1170. The third-order valence-electron chi connectivity index (χ3n) is 6.30. The number of nitrogens with one attached hydrogen (secondary N) is 1. The van der Waals surface area contributed by atoms with Gasteiger partial charge in [0.25, 0.3) is 0 Å². The highest BCUT2D eigenvalue weighted by molar-refractivity contribution is 9.10. The molecule has 1 saturated heterocycles. The van der Waals surface area contributed by atoms with Crippen LogP contribution < -0.4 is 4.74 Å². The van der Waals surface area contributed by atoms with Crippen LogP contribution in [0, 0.1) is 0 Å². The quantitative estimate of drug-likeness (QED) is 0.562. The first kappa shape index (κ1) is 19.8. The Kier molecular flexibility index (Phi) is 4.40. The zero-order chi connectivity index (χ0) is 21.3. The number of ketones is 1. The van der Waals surface area contributed by atoms with Crippen molar-refractivity contribution in [3.63, 3.8) is 0 Å². The number of hydrogen-bond acceptors (Lipinski definition) is 4. The fraction of sp³-hybridized carbons (Fsp3) is 0.375. The lowest BCUT2D eigenvalue weighted by Crippen LogP contribution is -2.43. The van der Waals surface area contributed by atoms with Crippen LogP contribution in [0.4, 0.5) is 0 Å². The Balaban J connectivity index is 1.59. The average molecular weight is 470 g/mol.